The first-order valence-corrected chi connectivity index (χ1v) is 7.92. The van der Waals surface area contributed by atoms with E-state index < -0.39 is 12.0 Å². The van der Waals surface area contributed by atoms with Crippen LogP contribution in [0.15, 0.2) is 46.7 Å². The summed E-state index contributed by atoms with van der Waals surface area (Å²) >= 11 is 0. The number of Topliss-reactive ketones (excluding diaryl/α,β-unsaturated/α-hetero) is 2. The zero-order valence-electron chi connectivity index (χ0n) is 14.4. The number of aliphatic imine (C=N–C) groups is 1. The van der Waals surface area contributed by atoms with Crippen molar-refractivity contribution in [1.29, 1.82) is 10.5 Å². The van der Waals surface area contributed by atoms with E-state index in [-0.39, 0.29) is 23.0 Å². The molecule has 1 unspecified atom stereocenters. The second kappa shape index (κ2) is 7.55. The van der Waals surface area contributed by atoms with Crippen LogP contribution in [0.25, 0.3) is 0 Å². The van der Waals surface area contributed by atoms with E-state index in [0.29, 0.717) is 17.8 Å². The summed E-state index contributed by atoms with van der Waals surface area (Å²) in [6, 6.07) is 12.3. The smallest absolute Gasteiger partial charge is 0.175 e. The summed E-state index contributed by atoms with van der Waals surface area (Å²) in [6.45, 7) is 4.89. The second-order valence-corrected chi connectivity index (χ2v) is 5.71. The molecule has 1 aromatic carbocycles. The maximum atomic E-state index is 12.2. The highest BCUT2D eigenvalue weighted by molar-refractivity contribution is 6.13. The summed E-state index contributed by atoms with van der Waals surface area (Å²) in [7, 11) is 0. The largest absolute Gasteiger partial charge is 0.351 e. The lowest BCUT2D eigenvalue weighted by Gasteiger charge is -2.38. The summed E-state index contributed by atoms with van der Waals surface area (Å²) < 4.78 is 0. The fourth-order valence-electron chi connectivity index (χ4n) is 3.13. The van der Waals surface area contributed by atoms with Crippen LogP contribution < -0.4 is 0 Å². The van der Waals surface area contributed by atoms with Crippen LogP contribution in [0.2, 0.25) is 0 Å². The highest BCUT2D eigenvalue weighted by atomic mass is 16.1. The molecule has 0 fully saturated rings. The lowest BCUT2D eigenvalue weighted by Crippen LogP contribution is -2.52. The molecule has 0 N–H and O–H groups in total. The van der Waals surface area contributed by atoms with E-state index in [2.05, 4.69) is 4.99 Å². The van der Waals surface area contributed by atoms with E-state index in [0.717, 1.165) is 0 Å². The number of benzene rings is 1. The molecule has 1 aliphatic heterocycles. The zero-order chi connectivity index (χ0) is 18.6. The van der Waals surface area contributed by atoms with Crippen LogP contribution in [0.3, 0.4) is 0 Å². The molecule has 6 heteroatoms. The summed E-state index contributed by atoms with van der Waals surface area (Å²) in [5.41, 5.74) is 1.24. The molecular formula is C19H18N4O2. The molecule has 1 atom stereocenters. The average Bonchev–Trinajstić information content (AvgIpc) is 2.60. The van der Waals surface area contributed by atoms with Gasteiger partial charge in [-0.15, -0.1) is 0 Å². The molecule has 0 radical (unpaired) electrons. The molecule has 126 valence electrons. The minimum atomic E-state index is -0.956. The minimum Gasteiger partial charge on any atom is -0.351 e. The first kappa shape index (κ1) is 18.1. The first-order valence-electron chi connectivity index (χ1n) is 7.92. The van der Waals surface area contributed by atoms with Crippen molar-refractivity contribution in [1.82, 2.24) is 4.90 Å². The standard InChI is InChI=1S/C19H18N4O2/c1-4-23-16(11-21)15(10-20)22-18(14-8-6-5-7-9-14)19(23)17(12(2)24)13(3)25/h5-9,17,19H,4H2,1-3H3. The number of ketones is 2. The molecule has 25 heavy (non-hydrogen) atoms. The number of allylic oxidation sites excluding steroid dienone is 2. The molecule has 0 amide bonds. The van der Waals surface area contributed by atoms with Crippen LogP contribution >= 0.6 is 0 Å². The lowest BCUT2D eigenvalue weighted by molar-refractivity contribution is -0.131. The van der Waals surface area contributed by atoms with Gasteiger partial charge in [0.1, 0.15) is 29.6 Å². The molecule has 6 nitrogen and oxygen atoms in total. The minimum absolute atomic E-state index is 0.00897. The van der Waals surface area contributed by atoms with E-state index >= 15 is 0 Å². The quantitative estimate of drug-likeness (QED) is 0.769. The van der Waals surface area contributed by atoms with Crippen molar-refractivity contribution in [3.8, 4) is 12.1 Å². The van der Waals surface area contributed by atoms with E-state index in [4.69, 9.17) is 0 Å². The van der Waals surface area contributed by atoms with E-state index in [1.165, 1.54) is 13.8 Å². The molecule has 0 spiro atoms. The Morgan fingerprint density at radius 2 is 1.76 bits per heavy atom. The van der Waals surface area contributed by atoms with Gasteiger partial charge in [-0.05, 0) is 26.3 Å². The number of likely N-dealkylation sites (N-methyl/N-ethyl adjacent to an activating group) is 1. The van der Waals surface area contributed by atoms with Crippen LogP contribution in [0, 0.1) is 28.6 Å². The molecule has 1 heterocycles. The number of nitriles is 2. The number of hydrogen-bond acceptors (Lipinski definition) is 6. The van der Waals surface area contributed by atoms with Gasteiger partial charge in [0.15, 0.2) is 11.4 Å². The van der Waals surface area contributed by atoms with Gasteiger partial charge in [0.05, 0.1) is 11.8 Å². The Morgan fingerprint density at radius 1 is 1.16 bits per heavy atom. The van der Waals surface area contributed by atoms with Gasteiger partial charge in [-0.25, -0.2) is 4.99 Å². The Morgan fingerprint density at radius 3 is 2.20 bits per heavy atom. The van der Waals surface area contributed by atoms with Crippen LogP contribution in [-0.2, 0) is 9.59 Å². The molecule has 0 aliphatic carbocycles. The fourth-order valence-corrected chi connectivity index (χ4v) is 3.13. The average molecular weight is 334 g/mol. The monoisotopic (exact) mass is 334 g/mol. The molecule has 0 aromatic heterocycles. The van der Waals surface area contributed by atoms with Crippen LogP contribution in [0.4, 0.5) is 0 Å². The number of nitrogens with zero attached hydrogens (tertiary/aromatic N) is 4. The molecule has 1 aliphatic rings. The van der Waals surface area contributed by atoms with Crippen molar-refractivity contribution in [3.05, 3.63) is 47.3 Å². The third-order valence-corrected chi connectivity index (χ3v) is 4.17. The lowest BCUT2D eigenvalue weighted by atomic mass is 9.83. The molecule has 2 rings (SSSR count). The molecular weight excluding hydrogens is 316 g/mol. The number of hydrogen-bond donors (Lipinski definition) is 0. The van der Waals surface area contributed by atoms with Gasteiger partial charge in [-0.3, -0.25) is 9.59 Å². The zero-order valence-corrected chi connectivity index (χ0v) is 14.4. The molecule has 0 saturated heterocycles. The summed E-state index contributed by atoms with van der Waals surface area (Å²) in [4.78, 5) is 30.4. The van der Waals surface area contributed by atoms with Gasteiger partial charge in [0.2, 0.25) is 0 Å². The van der Waals surface area contributed by atoms with Crippen molar-refractivity contribution in [3.63, 3.8) is 0 Å². The SMILES string of the molecule is CCN1C(C#N)=C(C#N)N=C(c2ccccc2)C1C(C(C)=O)C(C)=O. The predicted octanol–water partition coefficient (Wildman–Crippen LogP) is 2.23. The Kier molecular flexibility index (Phi) is 5.46. The van der Waals surface area contributed by atoms with Crippen LogP contribution in [0.1, 0.15) is 26.3 Å². The van der Waals surface area contributed by atoms with Crippen molar-refractivity contribution >= 4 is 17.3 Å². The highest BCUT2D eigenvalue weighted by Gasteiger charge is 2.41. The normalized spacial score (nSPS) is 17.0. The Balaban J connectivity index is 2.77. The van der Waals surface area contributed by atoms with Crippen LogP contribution in [-0.4, -0.2) is 34.8 Å². The highest BCUT2D eigenvalue weighted by Crippen LogP contribution is 2.29. The first-order chi connectivity index (χ1) is 12.0. The van der Waals surface area contributed by atoms with Crippen molar-refractivity contribution in [2.24, 2.45) is 10.9 Å². The Bertz CT molecular complexity index is 826. The van der Waals surface area contributed by atoms with E-state index in [1.807, 2.05) is 49.4 Å². The number of rotatable bonds is 5. The predicted molar refractivity (Wildman–Crippen MR) is 92.3 cm³/mol. The van der Waals surface area contributed by atoms with E-state index in [9.17, 15) is 20.1 Å². The summed E-state index contributed by atoms with van der Waals surface area (Å²) in [6.07, 6.45) is 0. The maximum Gasteiger partial charge on any atom is 0.175 e. The topological polar surface area (TPSA) is 97.3 Å². The number of carbonyl (C=O) groups excluding carboxylic acids is 2. The third kappa shape index (κ3) is 3.34. The van der Waals surface area contributed by atoms with Gasteiger partial charge in [-0.2, -0.15) is 10.5 Å². The van der Waals surface area contributed by atoms with Gasteiger partial charge >= 0.3 is 0 Å². The summed E-state index contributed by atoms with van der Waals surface area (Å²) in [5, 5.41) is 18.9. The van der Waals surface area contributed by atoms with Crippen molar-refractivity contribution < 1.29 is 9.59 Å². The van der Waals surface area contributed by atoms with Gasteiger partial charge in [0.25, 0.3) is 0 Å². The third-order valence-electron chi connectivity index (χ3n) is 4.17. The fraction of sp³-hybridized carbons (Fsp3) is 0.316. The van der Waals surface area contributed by atoms with Crippen molar-refractivity contribution in [2.75, 3.05) is 6.54 Å². The molecule has 1 aromatic rings. The molecule has 0 saturated carbocycles. The van der Waals surface area contributed by atoms with Crippen LogP contribution in [0.5, 0.6) is 0 Å². The Labute approximate surface area is 146 Å². The maximum absolute atomic E-state index is 12.2. The number of carbonyl (C=O) groups is 2. The molecule has 0 bridgehead atoms. The van der Waals surface area contributed by atoms with Crippen molar-refractivity contribution in [2.45, 2.75) is 26.8 Å². The van der Waals surface area contributed by atoms with E-state index in [1.54, 1.807) is 4.90 Å². The summed E-state index contributed by atoms with van der Waals surface area (Å²) in [5.74, 6) is -1.54. The van der Waals surface area contributed by atoms with Gasteiger partial charge in [0, 0.05) is 6.54 Å². The Hall–Kier alpha value is -3.25. The second-order valence-electron chi connectivity index (χ2n) is 5.71. The van der Waals surface area contributed by atoms with Gasteiger partial charge < -0.3 is 4.90 Å². The van der Waals surface area contributed by atoms with Gasteiger partial charge in [-0.1, -0.05) is 30.3 Å².